The first kappa shape index (κ1) is 30.8. The van der Waals surface area contributed by atoms with Crippen LogP contribution in [0.5, 0.6) is 0 Å². The van der Waals surface area contributed by atoms with Gasteiger partial charge in [-0.15, -0.1) is 34.0 Å². The average molecular weight is 649 g/mol. The summed E-state index contributed by atoms with van der Waals surface area (Å²) in [5.41, 5.74) is 2.80. The molecule has 0 aliphatic rings. The summed E-state index contributed by atoms with van der Waals surface area (Å²) >= 11 is 7.27. The molecule has 4 aromatic heterocycles. The molecule has 0 spiro atoms. The van der Waals surface area contributed by atoms with Gasteiger partial charge >= 0.3 is 0 Å². The molecule has 0 aliphatic heterocycles. The fourth-order valence-electron chi connectivity index (χ4n) is 5.82. The van der Waals surface area contributed by atoms with Crippen LogP contribution in [0, 0.1) is 17.9 Å². The number of nitriles is 1. The first-order valence-electron chi connectivity index (χ1n) is 15.7. The van der Waals surface area contributed by atoms with Gasteiger partial charge in [-0.25, -0.2) is 4.85 Å². The van der Waals surface area contributed by atoms with Crippen LogP contribution in [0.2, 0.25) is 0 Å². The summed E-state index contributed by atoms with van der Waals surface area (Å²) in [7, 11) is 0. The second-order valence-electron chi connectivity index (χ2n) is 11.5. The third kappa shape index (κ3) is 7.33. The molecule has 0 bridgehead atoms. The number of benzene rings is 2. The molecule has 0 amide bonds. The molecule has 0 unspecified atom stereocenters. The van der Waals surface area contributed by atoms with Crippen molar-refractivity contribution in [3.05, 3.63) is 108 Å². The highest BCUT2D eigenvalue weighted by atomic mass is 32.1. The van der Waals surface area contributed by atoms with E-state index in [1.165, 1.54) is 96.6 Å². The van der Waals surface area contributed by atoms with Crippen molar-refractivity contribution < 1.29 is 0 Å². The average Bonchev–Trinajstić information content (AvgIpc) is 3.82. The van der Waals surface area contributed by atoms with Gasteiger partial charge in [-0.1, -0.05) is 82.2 Å². The van der Waals surface area contributed by atoms with E-state index in [1.807, 2.05) is 58.3 Å². The van der Waals surface area contributed by atoms with Crippen LogP contribution in [-0.4, -0.2) is 0 Å². The Kier molecular flexibility index (Phi) is 10.3. The second kappa shape index (κ2) is 14.7. The molecule has 0 saturated carbocycles. The van der Waals surface area contributed by atoms with E-state index < -0.39 is 0 Å². The van der Waals surface area contributed by atoms with Gasteiger partial charge in [0.1, 0.15) is 6.07 Å². The normalized spacial score (nSPS) is 11.3. The van der Waals surface area contributed by atoms with Crippen LogP contribution in [0.25, 0.3) is 35.5 Å². The molecule has 6 rings (SSSR count). The van der Waals surface area contributed by atoms with Gasteiger partial charge in [-0.3, -0.25) is 0 Å². The summed E-state index contributed by atoms with van der Waals surface area (Å²) in [6.07, 6.45) is 13.4. The Labute approximate surface area is 277 Å². The van der Waals surface area contributed by atoms with Gasteiger partial charge in [0.15, 0.2) is 0 Å². The van der Waals surface area contributed by atoms with Crippen molar-refractivity contribution in [2.75, 3.05) is 0 Å². The molecule has 222 valence electrons. The monoisotopic (exact) mass is 648 g/mol. The van der Waals surface area contributed by atoms with Crippen LogP contribution < -0.4 is 0 Å². The Balaban J connectivity index is 1.11. The Bertz CT molecular complexity index is 1890. The summed E-state index contributed by atoms with van der Waals surface area (Å²) in [4.78, 5) is 11.3. The minimum atomic E-state index is 0.767. The first-order valence-corrected chi connectivity index (χ1v) is 18.9. The lowest BCUT2D eigenvalue weighted by Gasteiger charge is -2.00. The smallest absolute Gasteiger partial charge is 0.201 e. The molecule has 0 radical (unpaired) electrons. The first-order chi connectivity index (χ1) is 21.6. The summed E-state index contributed by atoms with van der Waals surface area (Å²) in [6, 6.07) is 26.3. The summed E-state index contributed by atoms with van der Waals surface area (Å²) < 4.78 is 2.60. The lowest BCUT2D eigenvalue weighted by atomic mass is 10.1. The molecule has 44 heavy (non-hydrogen) atoms. The van der Waals surface area contributed by atoms with E-state index in [1.54, 1.807) is 11.3 Å². The van der Waals surface area contributed by atoms with Crippen LogP contribution in [-0.2, 0) is 19.3 Å². The van der Waals surface area contributed by atoms with Gasteiger partial charge in [0.05, 0.1) is 12.1 Å². The molecule has 6 heteroatoms. The number of aryl methyl sites for hydroxylation is 1. The van der Waals surface area contributed by atoms with Gasteiger partial charge in [0.25, 0.3) is 0 Å². The highest BCUT2D eigenvalue weighted by Crippen LogP contribution is 2.41. The molecule has 2 nitrogen and oxygen atoms in total. The van der Waals surface area contributed by atoms with Crippen molar-refractivity contribution >= 4 is 71.2 Å². The van der Waals surface area contributed by atoms with Gasteiger partial charge in [-0.2, -0.15) is 16.6 Å². The Morgan fingerprint density at radius 2 is 1.32 bits per heavy atom. The fraction of sp³-hybridized carbons (Fsp3) is 0.316. The Morgan fingerprint density at radius 3 is 1.95 bits per heavy atom. The van der Waals surface area contributed by atoms with E-state index in [2.05, 4.69) is 60.3 Å². The number of rotatable bonds is 14. The molecule has 0 fully saturated rings. The van der Waals surface area contributed by atoms with E-state index in [0.717, 1.165) is 40.3 Å². The zero-order valence-corrected chi connectivity index (χ0v) is 28.4. The van der Waals surface area contributed by atoms with Crippen LogP contribution in [0.4, 0.5) is 5.69 Å². The maximum Gasteiger partial charge on any atom is 0.201 e. The maximum absolute atomic E-state index is 9.83. The van der Waals surface area contributed by atoms with E-state index >= 15 is 0 Å². The van der Waals surface area contributed by atoms with Crippen molar-refractivity contribution in [2.24, 2.45) is 0 Å². The van der Waals surface area contributed by atoms with Gasteiger partial charge in [0.2, 0.25) is 5.69 Å². The van der Waals surface area contributed by atoms with Crippen molar-refractivity contribution in [1.82, 2.24) is 0 Å². The summed E-state index contributed by atoms with van der Waals surface area (Å²) in [5, 5.41) is 12.4. The fourth-order valence-corrected chi connectivity index (χ4v) is 10.5. The third-order valence-electron chi connectivity index (χ3n) is 8.15. The number of hydrogen-bond acceptors (Lipinski definition) is 5. The molecular formula is C38H36N2S4. The second-order valence-corrected chi connectivity index (χ2v) is 16.2. The van der Waals surface area contributed by atoms with Gasteiger partial charge in [-0.05, 0) is 65.6 Å². The number of nitrogens with zero attached hydrogens (tertiary/aromatic N) is 2. The number of unbranched alkanes of at least 4 members (excludes halogenated alkanes) is 7. The van der Waals surface area contributed by atoms with E-state index in [9.17, 15) is 5.26 Å². The van der Waals surface area contributed by atoms with Crippen molar-refractivity contribution in [3.63, 3.8) is 0 Å². The molecule has 2 aromatic carbocycles. The van der Waals surface area contributed by atoms with Gasteiger partial charge in [0, 0.05) is 51.5 Å². The minimum absolute atomic E-state index is 0.767. The third-order valence-corrected chi connectivity index (χ3v) is 12.7. The molecule has 0 N–H and O–H groups in total. The highest BCUT2D eigenvalue weighted by molar-refractivity contribution is 7.21. The molecule has 6 aromatic rings. The zero-order valence-electron chi connectivity index (χ0n) is 25.2. The molecule has 0 saturated heterocycles. The van der Waals surface area contributed by atoms with Crippen molar-refractivity contribution in [3.8, 4) is 16.5 Å². The van der Waals surface area contributed by atoms with Gasteiger partial charge < -0.3 is 0 Å². The van der Waals surface area contributed by atoms with Crippen LogP contribution in [0.1, 0.15) is 88.2 Å². The summed E-state index contributed by atoms with van der Waals surface area (Å²) in [6.45, 7) is 10.00. The van der Waals surface area contributed by atoms with Crippen LogP contribution in [0.3, 0.4) is 0 Å². The lowest BCUT2D eigenvalue weighted by Crippen LogP contribution is -1.83. The zero-order chi connectivity index (χ0) is 30.3. The number of fused-ring (bicyclic) bond motifs is 2. The number of hydrogen-bond donors (Lipinski definition) is 0. The van der Waals surface area contributed by atoms with Crippen molar-refractivity contribution in [2.45, 2.75) is 77.6 Å². The Hall–Kier alpha value is -3.26. The minimum Gasteiger partial charge on any atom is -0.237 e. The molecule has 0 atom stereocenters. The predicted molar refractivity (Wildman–Crippen MR) is 194 cm³/mol. The maximum atomic E-state index is 9.83. The van der Waals surface area contributed by atoms with E-state index in [0.29, 0.717) is 0 Å². The van der Waals surface area contributed by atoms with Crippen molar-refractivity contribution in [1.29, 1.82) is 5.26 Å². The highest BCUT2D eigenvalue weighted by Gasteiger charge is 2.15. The van der Waals surface area contributed by atoms with E-state index in [4.69, 9.17) is 6.57 Å². The van der Waals surface area contributed by atoms with Crippen LogP contribution >= 0.6 is 45.3 Å². The largest absolute Gasteiger partial charge is 0.237 e. The topological polar surface area (TPSA) is 28.1 Å². The van der Waals surface area contributed by atoms with Crippen LogP contribution in [0.15, 0.2) is 66.7 Å². The lowest BCUT2D eigenvalue weighted by molar-refractivity contribution is 0.576. The molecular weight excluding hydrogens is 613 g/mol. The molecule has 4 heterocycles. The van der Waals surface area contributed by atoms with E-state index in [-0.39, 0.29) is 0 Å². The predicted octanol–water partition coefficient (Wildman–Crippen LogP) is 13.2. The molecule has 0 aliphatic carbocycles. The quantitative estimate of drug-likeness (QED) is 0.0853. The number of thiophene rings is 4. The summed E-state index contributed by atoms with van der Waals surface area (Å²) in [5.74, 6) is 0. The SMILES string of the molecule is [C-]#[N+]c1cc(-c2ccccc2)sc1Cc1cc2cc3sc(Cc4sc(CCCCCCCCCC)cc4C#N)cc3cc2s1. The Morgan fingerprint density at radius 1 is 0.682 bits per heavy atom. The standard InChI is InChI=1S/C38H36N2S4/c1-3-4-5-6-7-8-9-13-16-30-19-29(25-39)36(41-30)22-31-17-27-20-35-28(21-34(27)42-31)18-32(43-35)23-38-33(40-2)24-37(44-38)26-14-11-10-12-15-26/h10-12,14-15,17-21,24H,3-9,13,16,22-23H2,1H3.